The standard InChI is InChI=1S/C12H26N2/c1-10(2)12-5-7-14(8-6-12)9-11(3)13-4/h10-13H,5-9H2,1-4H3. The predicted octanol–water partition coefficient (Wildman–Crippen LogP) is 1.96. The van der Waals surface area contributed by atoms with Crippen LogP contribution < -0.4 is 5.32 Å². The van der Waals surface area contributed by atoms with Crippen LogP contribution >= 0.6 is 0 Å². The van der Waals surface area contributed by atoms with Crippen molar-refractivity contribution in [2.24, 2.45) is 11.8 Å². The Morgan fingerprint density at radius 2 is 1.79 bits per heavy atom. The Kier molecular flexibility index (Phi) is 4.90. The van der Waals surface area contributed by atoms with Crippen molar-refractivity contribution >= 4 is 0 Å². The first kappa shape index (κ1) is 12.0. The highest BCUT2D eigenvalue weighted by Crippen LogP contribution is 2.24. The molecule has 2 nitrogen and oxygen atoms in total. The first-order valence-electron chi connectivity index (χ1n) is 6.03. The van der Waals surface area contributed by atoms with Crippen LogP contribution in [0.25, 0.3) is 0 Å². The Hall–Kier alpha value is -0.0800. The number of piperidine rings is 1. The molecule has 0 saturated carbocycles. The minimum atomic E-state index is 0.630. The van der Waals surface area contributed by atoms with Crippen LogP contribution in [0.5, 0.6) is 0 Å². The summed E-state index contributed by atoms with van der Waals surface area (Å²) in [5.74, 6) is 1.84. The zero-order valence-corrected chi connectivity index (χ0v) is 10.2. The lowest BCUT2D eigenvalue weighted by atomic mass is 9.86. The van der Waals surface area contributed by atoms with Crippen molar-refractivity contribution < 1.29 is 0 Å². The molecule has 0 radical (unpaired) electrons. The smallest absolute Gasteiger partial charge is 0.0163 e. The van der Waals surface area contributed by atoms with Gasteiger partial charge in [-0.25, -0.2) is 0 Å². The van der Waals surface area contributed by atoms with Gasteiger partial charge in [0.1, 0.15) is 0 Å². The fraction of sp³-hybridized carbons (Fsp3) is 1.00. The molecule has 1 unspecified atom stereocenters. The summed E-state index contributed by atoms with van der Waals surface area (Å²) < 4.78 is 0. The molecule has 0 aromatic rings. The second-order valence-corrected chi connectivity index (χ2v) is 5.07. The summed E-state index contributed by atoms with van der Waals surface area (Å²) >= 11 is 0. The van der Waals surface area contributed by atoms with Crippen LogP contribution in [0.4, 0.5) is 0 Å². The highest BCUT2D eigenvalue weighted by Gasteiger charge is 2.21. The molecule has 14 heavy (non-hydrogen) atoms. The number of likely N-dealkylation sites (N-methyl/N-ethyl adjacent to an activating group) is 1. The Morgan fingerprint density at radius 3 is 2.21 bits per heavy atom. The lowest BCUT2D eigenvalue weighted by Gasteiger charge is -2.35. The third-order valence-electron chi connectivity index (χ3n) is 3.60. The van der Waals surface area contributed by atoms with Crippen molar-refractivity contribution in [3.63, 3.8) is 0 Å². The van der Waals surface area contributed by atoms with Crippen molar-refractivity contribution in [2.45, 2.75) is 39.7 Å². The average molecular weight is 198 g/mol. The van der Waals surface area contributed by atoms with Gasteiger partial charge in [0.15, 0.2) is 0 Å². The summed E-state index contributed by atoms with van der Waals surface area (Å²) in [6.07, 6.45) is 2.79. The summed E-state index contributed by atoms with van der Waals surface area (Å²) in [5.41, 5.74) is 0. The van der Waals surface area contributed by atoms with Crippen LogP contribution in [0.2, 0.25) is 0 Å². The molecule has 1 N–H and O–H groups in total. The Bertz CT molecular complexity index is 148. The van der Waals surface area contributed by atoms with E-state index in [0.29, 0.717) is 6.04 Å². The molecule has 1 aliphatic heterocycles. The van der Waals surface area contributed by atoms with Crippen LogP contribution in [0.1, 0.15) is 33.6 Å². The topological polar surface area (TPSA) is 15.3 Å². The number of nitrogens with one attached hydrogen (secondary N) is 1. The second kappa shape index (κ2) is 5.72. The molecule has 0 bridgehead atoms. The van der Waals surface area contributed by atoms with Gasteiger partial charge in [0.05, 0.1) is 0 Å². The van der Waals surface area contributed by atoms with Crippen LogP contribution in [0.15, 0.2) is 0 Å². The van der Waals surface area contributed by atoms with E-state index in [4.69, 9.17) is 0 Å². The van der Waals surface area contributed by atoms with Crippen LogP contribution in [0, 0.1) is 11.8 Å². The monoisotopic (exact) mass is 198 g/mol. The van der Waals surface area contributed by atoms with Crippen LogP contribution in [-0.4, -0.2) is 37.6 Å². The minimum Gasteiger partial charge on any atom is -0.316 e. The minimum absolute atomic E-state index is 0.630. The summed E-state index contributed by atoms with van der Waals surface area (Å²) in [6.45, 7) is 10.8. The van der Waals surface area contributed by atoms with E-state index >= 15 is 0 Å². The fourth-order valence-electron chi connectivity index (χ4n) is 2.28. The lowest BCUT2D eigenvalue weighted by Crippen LogP contribution is -2.42. The molecule has 0 aliphatic carbocycles. The molecule has 1 atom stereocenters. The van der Waals surface area contributed by atoms with E-state index in [0.717, 1.165) is 11.8 Å². The maximum absolute atomic E-state index is 3.30. The van der Waals surface area contributed by atoms with E-state index in [1.54, 1.807) is 0 Å². The molecule has 0 spiro atoms. The summed E-state index contributed by atoms with van der Waals surface area (Å²) in [5, 5.41) is 3.30. The zero-order valence-electron chi connectivity index (χ0n) is 10.2. The second-order valence-electron chi connectivity index (χ2n) is 5.07. The van der Waals surface area contributed by atoms with Crippen molar-refractivity contribution in [2.75, 3.05) is 26.7 Å². The van der Waals surface area contributed by atoms with Crippen LogP contribution in [0.3, 0.4) is 0 Å². The first-order chi connectivity index (χ1) is 6.63. The van der Waals surface area contributed by atoms with Gasteiger partial charge in [0, 0.05) is 12.6 Å². The number of hydrogen-bond acceptors (Lipinski definition) is 2. The Morgan fingerprint density at radius 1 is 1.21 bits per heavy atom. The van der Waals surface area contributed by atoms with Gasteiger partial charge in [-0.1, -0.05) is 13.8 Å². The molecule has 1 aliphatic rings. The van der Waals surface area contributed by atoms with Crippen LogP contribution in [-0.2, 0) is 0 Å². The summed E-state index contributed by atoms with van der Waals surface area (Å²) in [7, 11) is 2.05. The molecular formula is C12H26N2. The van der Waals surface area contributed by atoms with Gasteiger partial charge in [-0.15, -0.1) is 0 Å². The van der Waals surface area contributed by atoms with Gasteiger partial charge in [-0.05, 0) is 51.7 Å². The molecule has 0 amide bonds. The van der Waals surface area contributed by atoms with Crippen molar-refractivity contribution in [3.8, 4) is 0 Å². The molecule has 84 valence electrons. The quantitative estimate of drug-likeness (QED) is 0.743. The molecule has 1 rings (SSSR count). The molecule has 1 saturated heterocycles. The van der Waals surface area contributed by atoms with Crippen molar-refractivity contribution in [1.82, 2.24) is 10.2 Å². The van der Waals surface area contributed by atoms with Gasteiger partial charge in [-0.2, -0.15) is 0 Å². The third kappa shape index (κ3) is 3.58. The summed E-state index contributed by atoms with van der Waals surface area (Å²) in [6, 6.07) is 0.630. The fourth-order valence-corrected chi connectivity index (χ4v) is 2.28. The molecule has 2 heteroatoms. The highest BCUT2D eigenvalue weighted by molar-refractivity contribution is 4.76. The van der Waals surface area contributed by atoms with E-state index in [1.807, 2.05) is 7.05 Å². The van der Waals surface area contributed by atoms with Crippen molar-refractivity contribution in [3.05, 3.63) is 0 Å². The van der Waals surface area contributed by atoms with Gasteiger partial charge >= 0.3 is 0 Å². The predicted molar refractivity (Wildman–Crippen MR) is 62.5 cm³/mol. The largest absolute Gasteiger partial charge is 0.316 e. The van der Waals surface area contributed by atoms with E-state index in [2.05, 4.69) is 31.0 Å². The van der Waals surface area contributed by atoms with E-state index in [1.165, 1.54) is 32.5 Å². The van der Waals surface area contributed by atoms with Gasteiger partial charge in [-0.3, -0.25) is 0 Å². The van der Waals surface area contributed by atoms with E-state index < -0.39 is 0 Å². The van der Waals surface area contributed by atoms with E-state index in [-0.39, 0.29) is 0 Å². The Labute approximate surface area is 89.1 Å². The summed E-state index contributed by atoms with van der Waals surface area (Å²) in [4.78, 5) is 2.60. The molecule has 0 aromatic heterocycles. The molecule has 0 aromatic carbocycles. The lowest BCUT2D eigenvalue weighted by molar-refractivity contribution is 0.149. The van der Waals surface area contributed by atoms with E-state index in [9.17, 15) is 0 Å². The highest BCUT2D eigenvalue weighted by atomic mass is 15.1. The normalized spacial score (nSPS) is 22.9. The third-order valence-corrected chi connectivity index (χ3v) is 3.60. The molecule has 1 heterocycles. The average Bonchev–Trinajstić information content (AvgIpc) is 2.18. The maximum atomic E-state index is 3.30. The van der Waals surface area contributed by atoms with Gasteiger partial charge < -0.3 is 10.2 Å². The number of rotatable bonds is 4. The number of nitrogens with zero attached hydrogens (tertiary/aromatic N) is 1. The first-order valence-corrected chi connectivity index (χ1v) is 6.03. The number of hydrogen-bond donors (Lipinski definition) is 1. The zero-order chi connectivity index (χ0) is 10.6. The maximum Gasteiger partial charge on any atom is 0.0163 e. The molecular weight excluding hydrogens is 172 g/mol. The Balaban J connectivity index is 2.22. The van der Waals surface area contributed by atoms with Gasteiger partial charge in [0.2, 0.25) is 0 Å². The number of likely N-dealkylation sites (tertiary alicyclic amines) is 1. The SMILES string of the molecule is CNC(C)CN1CCC(C(C)C)CC1. The van der Waals surface area contributed by atoms with Gasteiger partial charge in [0.25, 0.3) is 0 Å². The van der Waals surface area contributed by atoms with Crippen molar-refractivity contribution in [1.29, 1.82) is 0 Å². The molecule has 1 fully saturated rings.